The predicted molar refractivity (Wildman–Crippen MR) is 62.4 cm³/mol. The van der Waals surface area contributed by atoms with Crippen molar-refractivity contribution >= 4 is 15.9 Å². The third-order valence-electron chi connectivity index (χ3n) is 2.04. The fourth-order valence-electron chi connectivity index (χ4n) is 1.23. The fourth-order valence-corrected chi connectivity index (χ4v) is 1.63. The Morgan fingerprint density at radius 1 is 1.31 bits per heavy atom. The average Bonchev–Trinajstić information content (AvgIpc) is 2.29. The van der Waals surface area contributed by atoms with Gasteiger partial charge in [-0.25, -0.2) is 4.98 Å². The summed E-state index contributed by atoms with van der Waals surface area (Å²) in [5.41, 5.74) is 1.68. The van der Waals surface area contributed by atoms with Crippen molar-refractivity contribution in [2.24, 2.45) is 0 Å². The molecule has 1 aromatic heterocycles. The van der Waals surface area contributed by atoms with E-state index in [2.05, 4.69) is 31.1 Å². The van der Waals surface area contributed by atoms with Crippen LogP contribution in [0.5, 0.6) is 0 Å². The first kappa shape index (κ1) is 10.7. The second-order valence-electron chi connectivity index (χ2n) is 3.19. The summed E-state index contributed by atoms with van der Waals surface area (Å²) in [5.74, 6) is 0.462. The summed E-state index contributed by atoms with van der Waals surface area (Å²) in [6.45, 7) is 1.71. The number of hydrogen-bond acceptors (Lipinski definition) is 4. The fraction of sp³-hybridized carbons (Fsp3) is 0.0909. The topological polar surface area (TPSA) is 62.5 Å². The number of nitrogens with zero attached hydrogens (tertiary/aromatic N) is 4. The summed E-state index contributed by atoms with van der Waals surface area (Å²) >= 11 is 3.37. The standard InChI is InChI=1S/C11H7BrN4/c1-7-10(6-13)14-11(16-15-7)8-3-2-4-9(12)5-8/h2-5H,1H3. The Labute approximate surface area is 101 Å². The van der Waals surface area contributed by atoms with Crippen molar-refractivity contribution < 1.29 is 0 Å². The summed E-state index contributed by atoms with van der Waals surface area (Å²) in [6, 6.07) is 9.55. The molecule has 1 aromatic carbocycles. The lowest BCUT2D eigenvalue weighted by Crippen LogP contribution is -1.99. The molecule has 0 aliphatic carbocycles. The van der Waals surface area contributed by atoms with Crippen LogP contribution in [0.2, 0.25) is 0 Å². The highest BCUT2D eigenvalue weighted by Gasteiger charge is 2.06. The molecule has 0 spiro atoms. The monoisotopic (exact) mass is 274 g/mol. The highest BCUT2D eigenvalue weighted by molar-refractivity contribution is 9.10. The number of benzene rings is 1. The van der Waals surface area contributed by atoms with Crippen molar-refractivity contribution in [2.75, 3.05) is 0 Å². The molecule has 0 aliphatic heterocycles. The van der Waals surface area contributed by atoms with Crippen LogP contribution in [0.3, 0.4) is 0 Å². The molecule has 78 valence electrons. The molecule has 16 heavy (non-hydrogen) atoms. The van der Waals surface area contributed by atoms with E-state index in [1.807, 2.05) is 30.3 Å². The van der Waals surface area contributed by atoms with E-state index >= 15 is 0 Å². The van der Waals surface area contributed by atoms with Crippen molar-refractivity contribution in [2.45, 2.75) is 6.92 Å². The van der Waals surface area contributed by atoms with Gasteiger partial charge in [-0.05, 0) is 19.1 Å². The Morgan fingerprint density at radius 2 is 2.12 bits per heavy atom. The molecule has 0 aliphatic rings. The Kier molecular flexibility index (Phi) is 2.93. The maximum absolute atomic E-state index is 8.85. The second kappa shape index (κ2) is 4.37. The summed E-state index contributed by atoms with van der Waals surface area (Å²) in [7, 11) is 0. The van der Waals surface area contributed by atoms with Crippen LogP contribution in [0.1, 0.15) is 11.4 Å². The van der Waals surface area contributed by atoms with E-state index in [1.54, 1.807) is 6.92 Å². The van der Waals surface area contributed by atoms with Gasteiger partial charge in [0.2, 0.25) is 0 Å². The van der Waals surface area contributed by atoms with Crippen molar-refractivity contribution in [1.29, 1.82) is 5.26 Å². The number of rotatable bonds is 1. The minimum Gasteiger partial charge on any atom is -0.214 e. The maximum Gasteiger partial charge on any atom is 0.183 e. The minimum absolute atomic E-state index is 0.310. The van der Waals surface area contributed by atoms with Gasteiger partial charge in [-0.3, -0.25) is 0 Å². The molecular weight excluding hydrogens is 268 g/mol. The van der Waals surface area contributed by atoms with Gasteiger partial charge in [-0.15, -0.1) is 5.10 Å². The summed E-state index contributed by atoms with van der Waals surface area (Å²) in [6.07, 6.45) is 0. The quantitative estimate of drug-likeness (QED) is 0.802. The van der Waals surface area contributed by atoms with Crippen molar-refractivity contribution in [3.8, 4) is 17.5 Å². The third kappa shape index (κ3) is 2.07. The molecule has 0 saturated heterocycles. The summed E-state index contributed by atoms with van der Waals surface area (Å²) in [5, 5.41) is 16.7. The number of nitriles is 1. The van der Waals surface area contributed by atoms with E-state index in [0.717, 1.165) is 10.0 Å². The van der Waals surface area contributed by atoms with E-state index in [-0.39, 0.29) is 0 Å². The van der Waals surface area contributed by atoms with Crippen LogP contribution in [0, 0.1) is 18.3 Å². The van der Waals surface area contributed by atoms with Gasteiger partial charge in [0.1, 0.15) is 6.07 Å². The van der Waals surface area contributed by atoms with Gasteiger partial charge in [-0.2, -0.15) is 10.4 Å². The molecule has 5 heteroatoms. The number of halogens is 1. The van der Waals surface area contributed by atoms with Gasteiger partial charge in [0.25, 0.3) is 0 Å². The summed E-state index contributed by atoms with van der Waals surface area (Å²) < 4.78 is 0.938. The van der Waals surface area contributed by atoms with Gasteiger partial charge in [0, 0.05) is 10.0 Å². The van der Waals surface area contributed by atoms with Crippen molar-refractivity contribution in [3.63, 3.8) is 0 Å². The first-order valence-electron chi connectivity index (χ1n) is 4.58. The SMILES string of the molecule is Cc1nnc(-c2cccc(Br)c2)nc1C#N. The zero-order valence-corrected chi connectivity index (χ0v) is 10.1. The van der Waals surface area contributed by atoms with Crippen LogP contribution in [0.25, 0.3) is 11.4 Å². The number of aromatic nitrogens is 3. The largest absolute Gasteiger partial charge is 0.214 e. The van der Waals surface area contributed by atoms with Crippen molar-refractivity contribution in [1.82, 2.24) is 15.2 Å². The average molecular weight is 275 g/mol. The lowest BCUT2D eigenvalue weighted by atomic mass is 10.2. The van der Waals surface area contributed by atoms with Gasteiger partial charge in [0.15, 0.2) is 11.5 Å². The van der Waals surface area contributed by atoms with Crippen molar-refractivity contribution in [3.05, 3.63) is 40.1 Å². The molecule has 4 nitrogen and oxygen atoms in total. The zero-order valence-electron chi connectivity index (χ0n) is 8.48. The Hall–Kier alpha value is -1.80. The zero-order chi connectivity index (χ0) is 11.5. The maximum atomic E-state index is 8.85. The van der Waals surface area contributed by atoms with Crippen LogP contribution >= 0.6 is 15.9 Å². The molecule has 0 fully saturated rings. The lowest BCUT2D eigenvalue weighted by Gasteiger charge is -2.01. The molecule has 0 unspecified atom stereocenters. The smallest absolute Gasteiger partial charge is 0.183 e. The Morgan fingerprint density at radius 3 is 2.81 bits per heavy atom. The molecule has 0 bridgehead atoms. The molecule has 0 saturated carbocycles. The van der Waals surface area contributed by atoms with E-state index < -0.39 is 0 Å². The van der Waals surface area contributed by atoms with Crippen LogP contribution < -0.4 is 0 Å². The highest BCUT2D eigenvalue weighted by atomic mass is 79.9. The van der Waals surface area contributed by atoms with E-state index in [0.29, 0.717) is 17.2 Å². The van der Waals surface area contributed by atoms with Gasteiger partial charge in [0.05, 0.1) is 5.69 Å². The number of aryl methyl sites for hydroxylation is 1. The first-order valence-corrected chi connectivity index (χ1v) is 5.37. The van der Waals surface area contributed by atoms with E-state index in [1.165, 1.54) is 0 Å². The van der Waals surface area contributed by atoms with E-state index in [9.17, 15) is 0 Å². The van der Waals surface area contributed by atoms with E-state index in [4.69, 9.17) is 5.26 Å². The number of hydrogen-bond donors (Lipinski definition) is 0. The first-order chi connectivity index (χ1) is 7.70. The highest BCUT2D eigenvalue weighted by Crippen LogP contribution is 2.19. The molecule has 0 radical (unpaired) electrons. The lowest BCUT2D eigenvalue weighted by molar-refractivity contribution is 0.922. The minimum atomic E-state index is 0.310. The van der Waals surface area contributed by atoms with Gasteiger partial charge >= 0.3 is 0 Å². The second-order valence-corrected chi connectivity index (χ2v) is 4.11. The Bertz CT molecular complexity index is 574. The van der Waals surface area contributed by atoms with Crippen LogP contribution in [-0.4, -0.2) is 15.2 Å². The molecule has 2 aromatic rings. The molecule has 0 N–H and O–H groups in total. The third-order valence-corrected chi connectivity index (χ3v) is 2.54. The van der Waals surface area contributed by atoms with Crippen LogP contribution in [-0.2, 0) is 0 Å². The molecule has 0 atom stereocenters. The predicted octanol–water partition coefficient (Wildman–Crippen LogP) is 2.48. The van der Waals surface area contributed by atoms with Crippen LogP contribution in [0.4, 0.5) is 0 Å². The van der Waals surface area contributed by atoms with Gasteiger partial charge in [-0.1, -0.05) is 28.1 Å². The van der Waals surface area contributed by atoms with Gasteiger partial charge < -0.3 is 0 Å². The molecule has 1 heterocycles. The van der Waals surface area contributed by atoms with Crippen LogP contribution in [0.15, 0.2) is 28.7 Å². The molecular formula is C11H7BrN4. The molecule has 2 rings (SSSR count). The summed E-state index contributed by atoms with van der Waals surface area (Å²) in [4.78, 5) is 4.15. The Balaban J connectivity index is 2.54. The normalized spacial score (nSPS) is 9.81. The molecule has 0 amide bonds.